The molecular formula is C17H33N3. The molecule has 0 saturated carbocycles. The first-order valence-corrected chi connectivity index (χ1v) is 8.41. The van der Waals surface area contributed by atoms with Gasteiger partial charge in [0.25, 0.3) is 0 Å². The van der Waals surface area contributed by atoms with Crippen molar-refractivity contribution in [3.8, 4) is 6.07 Å². The van der Waals surface area contributed by atoms with E-state index in [1.807, 2.05) is 6.92 Å². The summed E-state index contributed by atoms with van der Waals surface area (Å²) in [5, 5.41) is 12.6. The first-order chi connectivity index (χ1) is 9.53. The van der Waals surface area contributed by atoms with Crippen LogP contribution in [0.1, 0.15) is 66.2 Å². The van der Waals surface area contributed by atoms with Crippen LogP contribution in [0.4, 0.5) is 0 Å². The van der Waals surface area contributed by atoms with E-state index in [0.29, 0.717) is 5.41 Å². The van der Waals surface area contributed by atoms with E-state index in [9.17, 15) is 5.26 Å². The van der Waals surface area contributed by atoms with E-state index in [4.69, 9.17) is 0 Å². The lowest BCUT2D eigenvalue weighted by Crippen LogP contribution is -2.43. The van der Waals surface area contributed by atoms with Gasteiger partial charge in [0, 0.05) is 0 Å². The van der Waals surface area contributed by atoms with Crippen molar-refractivity contribution >= 4 is 0 Å². The van der Waals surface area contributed by atoms with Gasteiger partial charge in [-0.05, 0) is 64.2 Å². The van der Waals surface area contributed by atoms with Crippen molar-refractivity contribution < 1.29 is 0 Å². The second-order valence-electron chi connectivity index (χ2n) is 6.63. The van der Waals surface area contributed by atoms with Gasteiger partial charge in [-0.1, -0.05) is 33.6 Å². The van der Waals surface area contributed by atoms with Crippen molar-refractivity contribution in [1.29, 1.82) is 5.26 Å². The van der Waals surface area contributed by atoms with Crippen molar-refractivity contribution in [2.45, 2.75) is 71.8 Å². The van der Waals surface area contributed by atoms with E-state index in [0.717, 1.165) is 25.9 Å². The number of nitriles is 1. The Morgan fingerprint density at radius 1 is 1.20 bits per heavy atom. The Morgan fingerprint density at radius 3 is 2.25 bits per heavy atom. The summed E-state index contributed by atoms with van der Waals surface area (Å²) < 4.78 is 0. The van der Waals surface area contributed by atoms with Crippen LogP contribution in [0.15, 0.2) is 0 Å². The highest BCUT2D eigenvalue weighted by Crippen LogP contribution is 2.37. The minimum Gasteiger partial charge on any atom is -0.303 e. The van der Waals surface area contributed by atoms with Gasteiger partial charge in [0.15, 0.2) is 0 Å². The van der Waals surface area contributed by atoms with Crippen LogP contribution in [0.2, 0.25) is 0 Å². The highest BCUT2D eigenvalue weighted by Gasteiger charge is 2.31. The van der Waals surface area contributed by atoms with Crippen LogP contribution in [-0.4, -0.2) is 36.6 Å². The van der Waals surface area contributed by atoms with Crippen LogP contribution in [0, 0.1) is 16.7 Å². The molecule has 1 heterocycles. The Bertz CT molecular complexity index is 307. The largest absolute Gasteiger partial charge is 0.303 e. The standard InChI is InChI=1S/C17H33N3/c1-5-17(6-2)10-13-20(14-11-17)12-8-9-16(4,15-18)19-7-3/h19H,5-14H2,1-4H3. The number of hydrogen-bond donors (Lipinski definition) is 1. The fourth-order valence-electron chi connectivity index (χ4n) is 3.44. The normalized spacial score (nSPS) is 22.1. The fourth-order valence-corrected chi connectivity index (χ4v) is 3.44. The smallest absolute Gasteiger partial charge is 0.103 e. The molecule has 0 aromatic rings. The van der Waals surface area contributed by atoms with Crippen molar-refractivity contribution in [3.05, 3.63) is 0 Å². The summed E-state index contributed by atoms with van der Waals surface area (Å²) in [5.41, 5.74) is 0.266. The van der Waals surface area contributed by atoms with Gasteiger partial charge >= 0.3 is 0 Å². The molecule has 3 heteroatoms. The topological polar surface area (TPSA) is 39.1 Å². The molecule has 0 aromatic heterocycles. The molecule has 1 aliphatic heterocycles. The first kappa shape index (κ1) is 17.5. The highest BCUT2D eigenvalue weighted by molar-refractivity contribution is 5.03. The van der Waals surface area contributed by atoms with Gasteiger partial charge in [0.2, 0.25) is 0 Å². The van der Waals surface area contributed by atoms with Crippen LogP contribution in [0.3, 0.4) is 0 Å². The number of hydrogen-bond acceptors (Lipinski definition) is 3. The average molecular weight is 279 g/mol. The summed E-state index contributed by atoms with van der Waals surface area (Å²) in [6.45, 7) is 13.3. The minimum atomic E-state index is -0.346. The predicted octanol–water partition coefficient (Wildman–Crippen LogP) is 3.56. The van der Waals surface area contributed by atoms with Crippen molar-refractivity contribution in [3.63, 3.8) is 0 Å². The molecular weight excluding hydrogens is 246 g/mol. The predicted molar refractivity (Wildman–Crippen MR) is 85.6 cm³/mol. The molecule has 1 aliphatic rings. The van der Waals surface area contributed by atoms with Crippen LogP contribution >= 0.6 is 0 Å². The molecule has 0 bridgehead atoms. The summed E-state index contributed by atoms with van der Waals surface area (Å²) >= 11 is 0. The van der Waals surface area contributed by atoms with Crippen LogP contribution in [-0.2, 0) is 0 Å². The van der Waals surface area contributed by atoms with Crippen LogP contribution in [0.5, 0.6) is 0 Å². The average Bonchev–Trinajstić information content (AvgIpc) is 2.48. The highest BCUT2D eigenvalue weighted by atomic mass is 15.1. The Kier molecular flexibility index (Phi) is 6.99. The maximum atomic E-state index is 9.26. The Labute approximate surface area is 125 Å². The van der Waals surface area contributed by atoms with Crippen LogP contribution < -0.4 is 5.32 Å². The van der Waals surface area contributed by atoms with E-state index in [1.54, 1.807) is 0 Å². The lowest BCUT2D eigenvalue weighted by atomic mass is 9.74. The number of nitrogens with zero attached hydrogens (tertiary/aromatic N) is 2. The van der Waals surface area contributed by atoms with Crippen molar-refractivity contribution in [2.24, 2.45) is 5.41 Å². The van der Waals surface area contributed by atoms with Crippen molar-refractivity contribution in [1.82, 2.24) is 10.2 Å². The lowest BCUT2D eigenvalue weighted by molar-refractivity contribution is 0.0933. The summed E-state index contributed by atoms with van der Waals surface area (Å²) in [5.74, 6) is 0. The quantitative estimate of drug-likeness (QED) is 0.738. The van der Waals surface area contributed by atoms with E-state index < -0.39 is 0 Å². The van der Waals surface area contributed by atoms with Gasteiger partial charge in [-0.15, -0.1) is 0 Å². The molecule has 0 aromatic carbocycles. The zero-order valence-electron chi connectivity index (χ0n) is 14.0. The van der Waals surface area contributed by atoms with Gasteiger partial charge in [0.1, 0.15) is 5.54 Å². The second kappa shape index (κ2) is 8.00. The molecule has 1 fully saturated rings. The second-order valence-corrected chi connectivity index (χ2v) is 6.63. The molecule has 1 atom stereocenters. The number of piperidine rings is 1. The van der Waals surface area contributed by atoms with Gasteiger partial charge in [0.05, 0.1) is 6.07 Å². The maximum absolute atomic E-state index is 9.26. The number of likely N-dealkylation sites (tertiary alicyclic amines) is 1. The lowest BCUT2D eigenvalue weighted by Gasteiger charge is -2.41. The molecule has 3 nitrogen and oxygen atoms in total. The Balaban J connectivity index is 2.30. The number of rotatable bonds is 8. The summed E-state index contributed by atoms with van der Waals surface area (Å²) in [7, 11) is 0. The molecule has 116 valence electrons. The van der Waals surface area contributed by atoms with Gasteiger partial charge < -0.3 is 4.90 Å². The molecule has 20 heavy (non-hydrogen) atoms. The van der Waals surface area contributed by atoms with Gasteiger partial charge in [-0.3, -0.25) is 5.32 Å². The Morgan fingerprint density at radius 2 is 1.80 bits per heavy atom. The maximum Gasteiger partial charge on any atom is 0.103 e. The third-order valence-corrected chi connectivity index (χ3v) is 5.38. The zero-order valence-corrected chi connectivity index (χ0v) is 14.0. The van der Waals surface area contributed by atoms with Gasteiger partial charge in [-0.25, -0.2) is 0 Å². The molecule has 0 aliphatic carbocycles. The molecule has 0 amide bonds. The summed E-state index contributed by atoms with van der Waals surface area (Å²) in [6.07, 6.45) is 7.41. The molecule has 1 unspecified atom stereocenters. The summed E-state index contributed by atoms with van der Waals surface area (Å²) in [4.78, 5) is 2.59. The van der Waals surface area contributed by atoms with E-state index in [1.165, 1.54) is 38.8 Å². The third kappa shape index (κ3) is 4.75. The first-order valence-electron chi connectivity index (χ1n) is 8.41. The molecule has 1 rings (SSSR count). The van der Waals surface area contributed by atoms with Crippen molar-refractivity contribution in [2.75, 3.05) is 26.2 Å². The zero-order chi connectivity index (χ0) is 15.1. The Hall–Kier alpha value is -0.590. The van der Waals surface area contributed by atoms with Gasteiger partial charge in [-0.2, -0.15) is 5.26 Å². The van der Waals surface area contributed by atoms with E-state index in [-0.39, 0.29) is 5.54 Å². The minimum absolute atomic E-state index is 0.346. The molecule has 0 spiro atoms. The third-order valence-electron chi connectivity index (χ3n) is 5.38. The van der Waals surface area contributed by atoms with E-state index >= 15 is 0 Å². The molecule has 1 saturated heterocycles. The van der Waals surface area contributed by atoms with E-state index in [2.05, 4.69) is 37.1 Å². The number of nitrogens with one attached hydrogen (secondary N) is 1. The fraction of sp³-hybridized carbons (Fsp3) is 0.941. The molecule has 1 N–H and O–H groups in total. The molecule has 0 radical (unpaired) electrons. The SMILES string of the molecule is CCNC(C)(C#N)CCCN1CCC(CC)(CC)CC1. The monoisotopic (exact) mass is 279 g/mol. The summed E-state index contributed by atoms with van der Waals surface area (Å²) in [6, 6.07) is 2.42. The van der Waals surface area contributed by atoms with Crippen LogP contribution in [0.25, 0.3) is 0 Å².